The average Bonchev–Trinajstić information content (AvgIpc) is 2.43. The Bertz CT molecular complexity index is 638. The summed E-state index contributed by atoms with van der Waals surface area (Å²) in [6.45, 7) is 4.27. The molecule has 0 saturated heterocycles. The van der Waals surface area contributed by atoms with E-state index in [0.29, 0.717) is 24.4 Å². The molecule has 0 aliphatic rings. The number of hydrogen-bond donors (Lipinski definition) is 2. The Morgan fingerprint density at radius 2 is 2.00 bits per heavy atom. The number of amides is 1. The van der Waals surface area contributed by atoms with E-state index < -0.39 is 0 Å². The molecule has 0 aliphatic heterocycles. The monoisotopic (exact) mass is 284 g/mol. The lowest BCUT2D eigenvalue weighted by molar-refractivity contribution is -0.116. The summed E-state index contributed by atoms with van der Waals surface area (Å²) in [6, 6.07) is 13.2. The molecule has 0 heterocycles. The van der Waals surface area contributed by atoms with Crippen molar-refractivity contribution in [1.29, 1.82) is 0 Å². The van der Waals surface area contributed by atoms with Gasteiger partial charge in [0.2, 0.25) is 5.91 Å². The Labute approximate surface area is 124 Å². The fourth-order valence-electron chi connectivity index (χ4n) is 1.91. The van der Waals surface area contributed by atoms with E-state index >= 15 is 0 Å². The van der Waals surface area contributed by atoms with Crippen LogP contribution in [0, 0.1) is 13.8 Å². The van der Waals surface area contributed by atoms with Gasteiger partial charge in [0.25, 0.3) is 0 Å². The van der Waals surface area contributed by atoms with Crippen LogP contribution in [0.4, 0.5) is 11.4 Å². The van der Waals surface area contributed by atoms with E-state index in [9.17, 15) is 4.79 Å². The minimum absolute atomic E-state index is 0.0918. The van der Waals surface area contributed by atoms with E-state index in [2.05, 4.69) is 5.32 Å². The summed E-state index contributed by atoms with van der Waals surface area (Å²) in [5, 5.41) is 2.81. The van der Waals surface area contributed by atoms with Crippen LogP contribution in [0.5, 0.6) is 5.75 Å². The van der Waals surface area contributed by atoms with Crippen molar-refractivity contribution >= 4 is 17.3 Å². The van der Waals surface area contributed by atoms with Gasteiger partial charge in [-0.2, -0.15) is 0 Å². The predicted molar refractivity (Wildman–Crippen MR) is 85.5 cm³/mol. The van der Waals surface area contributed by atoms with Crippen molar-refractivity contribution in [2.24, 2.45) is 0 Å². The fourth-order valence-corrected chi connectivity index (χ4v) is 1.91. The summed E-state index contributed by atoms with van der Waals surface area (Å²) in [4.78, 5) is 11.8. The minimum Gasteiger partial charge on any atom is -0.493 e. The number of nitrogens with two attached hydrogens (primary N) is 1. The molecule has 0 aromatic heterocycles. The first kappa shape index (κ1) is 14.9. The number of benzene rings is 2. The summed E-state index contributed by atoms with van der Waals surface area (Å²) in [5.41, 5.74) is 9.32. The van der Waals surface area contributed by atoms with Gasteiger partial charge in [0.1, 0.15) is 5.75 Å². The van der Waals surface area contributed by atoms with Gasteiger partial charge in [-0.1, -0.05) is 18.2 Å². The number of nitrogens with one attached hydrogen (secondary N) is 1. The molecule has 1 amide bonds. The fraction of sp³-hybridized carbons (Fsp3) is 0.235. The molecule has 3 N–H and O–H groups in total. The average molecular weight is 284 g/mol. The molecule has 2 aromatic rings. The maximum Gasteiger partial charge on any atom is 0.227 e. The summed E-state index contributed by atoms with van der Waals surface area (Å²) in [6.07, 6.45) is 0.293. The van der Waals surface area contributed by atoms with Crippen LogP contribution in [0.3, 0.4) is 0 Å². The summed E-state index contributed by atoms with van der Waals surface area (Å²) < 4.78 is 5.55. The molecule has 2 rings (SSSR count). The SMILES string of the molecule is Cc1cccc(OCCC(=O)Nc2ccc(C)c(N)c2)c1. The topological polar surface area (TPSA) is 64.3 Å². The molecule has 0 fully saturated rings. The highest BCUT2D eigenvalue weighted by Gasteiger charge is 2.04. The summed E-state index contributed by atoms with van der Waals surface area (Å²) >= 11 is 0. The van der Waals surface area contributed by atoms with Crippen molar-refractivity contribution in [1.82, 2.24) is 0 Å². The van der Waals surface area contributed by atoms with Crippen LogP contribution in [0.25, 0.3) is 0 Å². The first-order valence-electron chi connectivity index (χ1n) is 6.90. The van der Waals surface area contributed by atoms with Gasteiger partial charge in [-0.15, -0.1) is 0 Å². The van der Waals surface area contributed by atoms with Crippen molar-refractivity contribution in [3.63, 3.8) is 0 Å². The van der Waals surface area contributed by atoms with E-state index in [0.717, 1.165) is 16.9 Å². The zero-order valence-corrected chi connectivity index (χ0v) is 12.3. The zero-order valence-electron chi connectivity index (χ0n) is 12.3. The predicted octanol–water partition coefficient (Wildman–Crippen LogP) is 3.29. The molecular weight excluding hydrogens is 264 g/mol. The maximum absolute atomic E-state index is 11.8. The molecule has 0 aliphatic carbocycles. The number of anilines is 2. The molecule has 0 saturated carbocycles. The van der Waals surface area contributed by atoms with E-state index in [1.807, 2.05) is 50.2 Å². The van der Waals surface area contributed by atoms with Gasteiger partial charge < -0.3 is 15.8 Å². The van der Waals surface area contributed by atoms with Crippen LogP contribution in [-0.4, -0.2) is 12.5 Å². The second-order valence-corrected chi connectivity index (χ2v) is 5.03. The lowest BCUT2D eigenvalue weighted by Gasteiger charge is -2.09. The van der Waals surface area contributed by atoms with E-state index in [1.165, 1.54) is 0 Å². The standard InChI is InChI=1S/C17H20N2O2/c1-12-4-3-5-15(10-12)21-9-8-17(20)19-14-7-6-13(2)16(18)11-14/h3-7,10-11H,8-9,18H2,1-2H3,(H,19,20). The Hall–Kier alpha value is -2.49. The molecule has 0 unspecified atom stereocenters. The van der Waals surface area contributed by atoms with Crippen LogP contribution in [0.1, 0.15) is 17.5 Å². The number of carbonyl (C=O) groups excluding carboxylic acids is 1. The van der Waals surface area contributed by atoms with Gasteiger partial charge in [0.05, 0.1) is 13.0 Å². The molecule has 4 heteroatoms. The van der Waals surface area contributed by atoms with Crippen molar-refractivity contribution in [3.8, 4) is 5.75 Å². The third-order valence-electron chi connectivity index (χ3n) is 3.15. The smallest absolute Gasteiger partial charge is 0.227 e. The van der Waals surface area contributed by atoms with E-state index in [4.69, 9.17) is 10.5 Å². The third kappa shape index (κ3) is 4.53. The molecule has 110 valence electrons. The van der Waals surface area contributed by atoms with Gasteiger partial charge in [-0.05, 0) is 49.2 Å². The van der Waals surface area contributed by atoms with Crippen molar-refractivity contribution in [2.45, 2.75) is 20.3 Å². The largest absolute Gasteiger partial charge is 0.493 e. The zero-order chi connectivity index (χ0) is 15.2. The van der Waals surface area contributed by atoms with Crippen LogP contribution in [0.15, 0.2) is 42.5 Å². The van der Waals surface area contributed by atoms with Gasteiger partial charge in [0.15, 0.2) is 0 Å². The molecular formula is C17H20N2O2. The number of rotatable bonds is 5. The van der Waals surface area contributed by atoms with Crippen LogP contribution >= 0.6 is 0 Å². The molecule has 0 atom stereocenters. The van der Waals surface area contributed by atoms with Gasteiger partial charge in [-0.25, -0.2) is 0 Å². The molecule has 0 bridgehead atoms. The molecule has 2 aromatic carbocycles. The van der Waals surface area contributed by atoms with Crippen molar-refractivity contribution in [2.75, 3.05) is 17.7 Å². The normalized spacial score (nSPS) is 10.2. The molecule has 21 heavy (non-hydrogen) atoms. The van der Waals surface area contributed by atoms with E-state index in [1.54, 1.807) is 6.07 Å². The first-order valence-corrected chi connectivity index (χ1v) is 6.90. The number of nitrogen functional groups attached to an aromatic ring is 1. The first-order chi connectivity index (χ1) is 10.0. The van der Waals surface area contributed by atoms with Crippen molar-refractivity contribution < 1.29 is 9.53 Å². The van der Waals surface area contributed by atoms with Gasteiger partial charge in [-0.3, -0.25) is 4.79 Å². The Morgan fingerprint density at radius 3 is 2.71 bits per heavy atom. The number of hydrogen-bond acceptors (Lipinski definition) is 3. The van der Waals surface area contributed by atoms with Crippen LogP contribution < -0.4 is 15.8 Å². The van der Waals surface area contributed by atoms with Gasteiger partial charge in [0, 0.05) is 11.4 Å². The lowest BCUT2D eigenvalue weighted by atomic mass is 10.2. The second kappa shape index (κ2) is 6.79. The van der Waals surface area contributed by atoms with Crippen LogP contribution in [0.2, 0.25) is 0 Å². The lowest BCUT2D eigenvalue weighted by Crippen LogP contribution is -2.15. The highest BCUT2D eigenvalue weighted by molar-refractivity contribution is 5.91. The minimum atomic E-state index is -0.0918. The third-order valence-corrected chi connectivity index (χ3v) is 3.15. The molecule has 4 nitrogen and oxygen atoms in total. The van der Waals surface area contributed by atoms with Crippen molar-refractivity contribution in [3.05, 3.63) is 53.6 Å². The number of ether oxygens (including phenoxy) is 1. The van der Waals surface area contributed by atoms with Crippen LogP contribution in [-0.2, 0) is 4.79 Å². The number of aryl methyl sites for hydroxylation is 2. The maximum atomic E-state index is 11.8. The van der Waals surface area contributed by atoms with E-state index in [-0.39, 0.29) is 5.91 Å². The molecule has 0 spiro atoms. The Balaban J connectivity index is 1.81. The Kier molecular flexibility index (Phi) is 4.82. The summed E-state index contributed by atoms with van der Waals surface area (Å²) in [5.74, 6) is 0.688. The molecule has 0 radical (unpaired) electrons. The van der Waals surface area contributed by atoms with Gasteiger partial charge >= 0.3 is 0 Å². The highest BCUT2D eigenvalue weighted by Crippen LogP contribution is 2.17. The number of carbonyl (C=O) groups is 1. The second-order valence-electron chi connectivity index (χ2n) is 5.03. The highest BCUT2D eigenvalue weighted by atomic mass is 16.5. The summed E-state index contributed by atoms with van der Waals surface area (Å²) in [7, 11) is 0. The Morgan fingerprint density at radius 1 is 1.19 bits per heavy atom. The quantitative estimate of drug-likeness (QED) is 0.828.